The Hall–Kier alpha value is -3.35. The molecule has 1 aliphatic rings. The second-order valence-corrected chi connectivity index (χ2v) is 7.15. The molecule has 2 aromatic rings. The molecule has 0 aromatic heterocycles. The van der Waals surface area contributed by atoms with E-state index in [2.05, 4.69) is 5.32 Å². The van der Waals surface area contributed by atoms with E-state index < -0.39 is 18.0 Å². The van der Waals surface area contributed by atoms with Gasteiger partial charge >= 0.3 is 11.9 Å². The molecule has 158 valence electrons. The normalized spacial score (nSPS) is 17.4. The van der Waals surface area contributed by atoms with Crippen LogP contribution in [0.2, 0.25) is 0 Å². The lowest BCUT2D eigenvalue weighted by molar-refractivity contribution is -0.149. The van der Waals surface area contributed by atoms with Crippen LogP contribution in [-0.2, 0) is 32.1 Å². The number of carbonyl (C=O) groups is 3. The van der Waals surface area contributed by atoms with Crippen molar-refractivity contribution in [3.63, 3.8) is 0 Å². The first kappa shape index (κ1) is 21.4. The zero-order valence-corrected chi connectivity index (χ0v) is 17.3. The summed E-state index contributed by atoms with van der Waals surface area (Å²) in [5.41, 5.74) is 2.67. The SMILES string of the molecule is COC(=O)c1c(OCc2ccccc2)ccc2c1CC[C@H](NC(C)=O)[C@H]2OC(C)=O. The van der Waals surface area contributed by atoms with Gasteiger partial charge in [0.1, 0.15) is 24.0 Å². The van der Waals surface area contributed by atoms with E-state index in [9.17, 15) is 14.4 Å². The smallest absolute Gasteiger partial charge is 0.341 e. The highest BCUT2D eigenvalue weighted by Gasteiger charge is 2.36. The van der Waals surface area contributed by atoms with Crippen molar-refractivity contribution >= 4 is 17.8 Å². The minimum absolute atomic E-state index is 0.211. The molecule has 7 heteroatoms. The van der Waals surface area contributed by atoms with Crippen LogP contribution in [0.15, 0.2) is 42.5 Å². The Labute approximate surface area is 175 Å². The molecular formula is C23H25NO6. The van der Waals surface area contributed by atoms with Gasteiger partial charge in [0.2, 0.25) is 5.91 Å². The van der Waals surface area contributed by atoms with E-state index in [1.165, 1.54) is 21.0 Å². The van der Waals surface area contributed by atoms with Gasteiger partial charge in [0.15, 0.2) is 0 Å². The Balaban J connectivity index is 1.99. The molecule has 0 unspecified atom stereocenters. The summed E-state index contributed by atoms with van der Waals surface area (Å²) >= 11 is 0. The minimum atomic E-state index is -0.693. The van der Waals surface area contributed by atoms with Gasteiger partial charge in [0.05, 0.1) is 13.2 Å². The van der Waals surface area contributed by atoms with Crippen molar-refractivity contribution < 1.29 is 28.6 Å². The molecule has 1 aliphatic carbocycles. The van der Waals surface area contributed by atoms with Crippen LogP contribution in [0.4, 0.5) is 0 Å². The van der Waals surface area contributed by atoms with Gasteiger partial charge in [0, 0.05) is 13.8 Å². The molecule has 0 spiro atoms. The van der Waals surface area contributed by atoms with E-state index in [-0.39, 0.29) is 11.9 Å². The van der Waals surface area contributed by atoms with E-state index in [4.69, 9.17) is 14.2 Å². The summed E-state index contributed by atoms with van der Waals surface area (Å²) in [6.07, 6.45) is 0.323. The average Bonchev–Trinajstić information content (AvgIpc) is 2.73. The fraction of sp³-hybridized carbons (Fsp3) is 0.348. The van der Waals surface area contributed by atoms with Gasteiger partial charge in [-0.1, -0.05) is 36.4 Å². The molecule has 0 aliphatic heterocycles. The van der Waals surface area contributed by atoms with Gasteiger partial charge in [-0.15, -0.1) is 0 Å². The van der Waals surface area contributed by atoms with E-state index in [1.807, 2.05) is 30.3 Å². The van der Waals surface area contributed by atoms with Gasteiger partial charge in [-0.2, -0.15) is 0 Å². The lowest BCUT2D eigenvalue weighted by atomic mass is 9.82. The molecule has 0 radical (unpaired) electrons. The molecule has 0 fully saturated rings. The maximum atomic E-state index is 12.6. The van der Waals surface area contributed by atoms with Crippen molar-refractivity contribution in [3.8, 4) is 5.75 Å². The summed E-state index contributed by atoms with van der Waals surface area (Å²) in [4.78, 5) is 35.9. The number of benzene rings is 2. The Morgan fingerprint density at radius 1 is 1.07 bits per heavy atom. The van der Waals surface area contributed by atoms with Gasteiger partial charge in [-0.25, -0.2) is 4.79 Å². The molecule has 0 heterocycles. The first-order valence-electron chi connectivity index (χ1n) is 9.75. The zero-order chi connectivity index (χ0) is 21.7. The highest BCUT2D eigenvalue weighted by Crippen LogP contribution is 2.39. The predicted octanol–water partition coefficient (Wildman–Crippen LogP) is 3.11. The lowest BCUT2D eigenvalue weighted by Crippen LogP contribution is -2.42. The van der Waals surface area contributed by atoms with E-state index in [0.29, 0.717) is 41.9 Å². The van der Waals surface area contributed by atoms with Crippen LogP contribution in [-0.4, -0.2) is 31.0 Å². The fourth-order valence-corrected chi connectivity index (χ4v) is 3.76. The third kappa shape index (κ3) is 4.79. The van der Waals surface area contributed by atoms with Crippen LogP contribution in [0, 0.1) is 0 Å². The first-order chi connectivity index (χ1) is 14.4. The summed E-state index contributed by atoms with van der Waals surface area (Å²) in [7, 11) is 1.31. The number of ether oxygens (including phenoxy) is 3. The molecule has 30 heavy (non-hydrogen) atoms. The number of hydrogen-bond donors (Lipinski definition) is 1. The molecule has 1 N–H and O–H groups in total. The van der Waals surface area contributed by atoms with Crippen molar-refractivity contribution in [3.05, 3.63) is 64.7 Å². The quantitative estimate of drug-likeness (QED) is 0.735. The number of esters is 2. The van der Waals surface area contributed by atoms with Crippen LogP contribution >= 0.6 is 0 Å². The van der Waals surface area contributed by atoms with Gasteiger partial charge in [-0.3, -0.25) is 9.59 Å². The number of amides is 1. The molecule has 0 saturated carbocycles. The maximum Gasteiger partial charge on any atom is 0.341 e. The van der Waals surface area contributed by atoms with Crippen molar-refractivity contribution in [2.24, 2.45) is 0 Å². The number of hydrogen-bond acceptors (Lipinski definition) is 6. The average molecular weight is 411 g/mol. The molecule has 3 rings (SSSR count). The number of methoxy groups -OCH3 is 1. The summed E-state index contributed by atoms with van der Waals surface area (Å²) in [6, 6.07) is 12.7. The third-order valence-corrected chi connectivity index (χ3v) is 5.00. The molecule has 2 atom stereocenters. The molecule has 7 nitrogen and oxygen atoms in total. The Kier molecular flexibility index (Phi) is 6.72. The third-order valence-electron chi connectivity index (χ3n) is 5.00. The maximum absolute atomic E-state index is 12.6. The monoisotopic (exact) mass is 411 g/mol. The second kappa shape index (κ2) is 9.43. The van der Waals surface area contributed by atoms with Crippen LogP contribution < -0.4 is 10.1 Å². The minimum Gasteiger partial charge on any atom is -0.488 e. The summed E-state index contributed by atoms with van der Waals surface area (Å²) in [5.74, 6) is -0.790. The van der Waals surface area contributed by atoms with Crippen molar-refractivity contribution in [2.45, 2.75) is 45.4 Å². The summed E-state index contributed by atoms with van der Waals surface area (Å²) in [6.45, 7) is 3.03. The van der Waals surface area contributed by atoms with Crippen molar-refractivity contribution in [2.75, 3.05) is 7.11 Å². The van der Waals surface area contributed by atoms with Crippen molar-refractivity contribution in [1.29, 1.82) is 0 Å². The molecule has 0 saturated heterocycles. The lowest BCUT2D eigenvalue weighted by Gasteiger charge is -2.34. The highest BCUT2D eigenvalue weighted by molar-refractivity contribution is 5.95. The number of fused-ring (bicyclic) bond motifs is 1. The Bertz CT molecular complexity index is 940. The van der Waals surface area contributed by atoms with Crippen LogP contribution in [0.3, 0.4) is 0 Å². The van der Waals surface area contributed by atoms with Crippen LogP contribution in [0.1, 0.15) is 53.4 Å². The van der Waals surface area contributed by atoms with Gasteiger partial charge in [0.25, 0.3) is 0 Å². The Morgan fingerprint density at radius 2 is 1.80 bits per heavy atom. The zero-order valence-electron chi connectivity index (χ0n) is 17.3. The topological polar surface area (TPSA) is 90.9 Å². The number of rotatable bonds is 6. The highest BCUT2D eigenvalue weighted by atomic mass is 16.5. The molecular weight excluding hydrogens is 386 g/mol. The van der Waals surface area contributed by atoms with Crippen LogP contribution in [0.25, 0.3) is 0 Å². The van der Waals surface area contributed by atoms with E-state index in [1.54, 1.807) is 12.1 Å². The number of nitrogens with one attached hydrogen (secondary N) is 1. The molecule has 1 amide bonds. The standard InChI is InChI=1S/C23H25NO6/c1-14(25)24-19-11-9-17-18(22(19)30-15(2)26)10-12-20(21(17)23(27)28-3)29-13-16-7-5-4-6-8-16/h4-8,10,12,19,22H,9,11,13H2,1-3H3,(H,24,25)/t19-,22-/m0/s1. The molecule has 0 bridgehead atoms. The van der Waals surface area contributed by atoms with Gasteiger partial charge < -0.3 is 19.5 Å². The fourth-order valence-electron chi connectivity index (χ4n) is 3.76. The van der Waals surface area contributed by atoms with Crippen molar-refractivity contribution in [1.82, 2.24) is 5.32 Å². The predicted molar refractivity (Wildman–Crippen MR) is 109 cm³/mol. The number of carbonyl (C=O) groups excluding carboxylic acids is 3. The second-order valence-electron chi connectivity index (χ2n) is 7.15. The summed E-state index contributed by atoms with van der Waals surface area (Å²) < 4.78 is 16.5. The summed E-state index contributed by atoms with van der Waals surface area (Å²) in [5, 5.41) is 2.84. The Morgan fingerprint density at radius 3 is 2.43 bits per heavy atom. The first-order valence-corrected chi connectivity index (χ1v) is 9.75. The van der Waals surface area contributed by atoms with E-state index in [0.717, 1.165) is 5.56 Å². The van der Waals surface area contributed by atoms with Crippen LogP contribution in [0.5, 0.6) is 5.75 Å². The largest absolute Gasteiger partial charge is 0.488 e. The van der Waals surface area contributed by atoms with E-state index >= 15 is 0 Å². The van der Waals surface area contributed by atoms with Gasteiger partial charge in [-0.05, 0) is 35.6 Å². The molecule has 2 aromatic carbocycles.